The normalized spacial score (nSPS) is 16.6. The van der Waals surface area contributed by atoms with Crippen LogP contribution in [0, 0.1) is 0 Å². The molecule has 0 aromatic heterocycles. The van der Waals surface area contributed by atoms with Gasteiger partial charge in [-0.3, -0.25) is 14.5 Å². The molecule has 1 saturated heterocycles. The number of carbonyl (C=O) groups excluding carboxylic acids is 2. The Bertz CT molecular complexity index is 1380. The van der Waals surface area contributed by atoms with E-state index in [-0.39, 0.29) is 23.0 Å². The topological polar surface area (TPSA) is 94.5 Å². The summed E-state index contributed by atoms with van der Waals surface area (Å²) in [6.07, 6.45) is -0.0805. The van der Waals surface area contributed by atoms with Gasteiger partial charge >= 0.3 is 0 Å². The molecule has 0 spiro atoms. The average molecular weight is 518 g/mol. The fourth-order valence-electron chi connectivity index (χ4n) is 4.47. The third-order valence-electron chi connectivity index (χ3n) is 6.06. The van der Waals surface area contributed by atoms with E-state index in [2.05, 4.69) is 0 Å². The zero-order valence-electron chi connectivity index (χ0n) is 22.1. The lowest BCUT2D eigenvalue weighted by Crippen LogP contribution is -2.29. The largest absolute Gasteiger partial charge is 0.507 e. The van der Waals surface area contributed by atoms with E-state index in [1.54, 1.807) is 66.7 Å². The van der Waals surface area contributed by atoms with Crippen LogP contribution in [-0.2, 0) is 9.59 Å². The van der Waals surface area contributed by atoms with Gasteiger partial charge in [0.2, 0.25) is 0 Å². The van der Waals surface area contributed by atoms with Crippen LogP contribution in [0.5, 0.6) is 23.0 Å². The van der Waals surface area contributed by atoms with E-state index in [0.717, 1.165) is 0 Å². The first-order valence-corrected chi connectivity index (χ1v) is 12.3. The second-order valence-corrected chi connectivity index (χ2v) is 8.90. The second kappa shape index (κ2) is 11.3. The van der Waals surface area contributed by atoms with E-state index in [1.165, 1.54) is 19.1 Å². The van der Waals surface area contributed by atoms with E-state index in [4.69, 9.17) is 18.9 Å². The smallest absolute Gasteiger partial charge is 0.300 e. The van der Waals surface area contributed by atoms with Gasteiger partial charge in [0.15, 0.2) is 0 Å². The van der Waals surface area contributed by atoms with Crippen LogP contribution in [0.2, 0.25) is 0 Å². The van der Waals surface area contributed by atoms with Gasteiger partial charge in [0.1, 0.15) is 28.8 Å². The minimum atomic E-state index is -0.936. The molecule has 1 N–H and O–H groups in total. The van der Waals surface area contributed by atoms with Crippen LogP contribution >= 0.6 is 0 Å². The van der Waals surface area contributed by atoms with Gasteiger partial charge in [-0.05, 0) is 62.7 Å². The summed E-state index contributed by atoms with van der Waals surface area (Å²) in [4.78, 5) is 28.5. The zero-order valence-corrected chi connectivity index (χ0v) is 22.1. The van der Waals surface area contributed by atoms with Crippen LogP contribution in [0.1, 0.15) is 37.9 Å². The summed E-state index contributed by atoms with van der Waals surface area (Å²) in [5.41, 5.74) is 1.24. The van der Waals surface area contributed by atoms with Gasteiger partial charge in [-0.25, -0.2) is 0 Å². The summed E-state index contributed by atoms with van der Waals surface area (Å²) in [5.74, 6) is -0.00187. The summed E-state index contributed by atoms with van der Waals surface area (Å²) in [5, 5.41) is 11.5. The molecule has 0 bridgehead atoms. The van der Waals surface area contributed by atoms with Crippen molar-refractivity contribution >= 4 is 23.1 Å². The maximum absolute atomic E-state index is 13.5. The number of methoxy groups -OCH3 is 2. The zero-order chi connectivity index (χ0) is 27.4. The Morgan fingerprint density at radius 2 is 1.66 bits per heavy atom. The number of aliphatic hydroxyl groups excluding tert-OH is 1. The molecule has 38 heavy (non-hydrogen) atoms. The molecule has 1 atom stereocenters. The molecule has 1 fully saturated rings. The number of carbonyl (C=O) groups is 2. The molecule has 0 aliphatic carbocycles. The number of hydrogen-bond acceptors (Lipinski definition) is 7. The minimum absolute atomic E-state index is 0.0676. The molecule has 3 aromatic carbocycles. The standard InChI is InChI=1S/C30H31NO7/c1-6-37-22-11-8-10-20(16-22)31-27(19-9-7-12-23(15-19)38-18(2)3)26(29(33)30(31)34)28(32)24-14-13-21(35-4)17-25(24)36-5/h7-18,27,32H,6H2,1-5H3/b28-26+. The highest BCUT2D eigenvalue weighted by molar-refractivity contribution is 6.51. The molecule has 1 amide bonds. The number of hydrogen-bond donors (Lipinski definition) is 1. The molecule has 8 nitrogen and oxygen atoms in total. The Balaban J connectivity index is 1.95. The third kappa shape index (κ3) is 5.16. The van der Waals surface area contributed by atoms with Crippen molar-refractivity contribution in [1.29, 1.82) is 0 Å². The molecule has 1 unspecified atom stereocenters. The first-order valence-electron chi connectivity index (χ1n) is 12.3. The first-order chi connectivity index (χ1) is 18.3. The number of ether oxygens (including phenoxy) is 4. The van der Waals surface area contributed by atoms with Crippen molar-refractivity contribution in [2.75, 3.05) is 25.7 Å². The number of anilines is 1. The third-order valence-corrected chi connectivity index (χ3v) is 6.06. The first kappa shape index (κ1) is 26.6. The highest BCUT2D eigenvalue weighted by Gasteiger charge is 2.47. The highest BCUT2D eigenvalue weighted by atomic mass is 16.5. The maximum atomic E-state index is 13.5. The van der Waals surface area contributed by atoms with E-state index >= 15 is 0 Å². The summed E-state index contributed by atoms with van der Waals surface area (Å²) < 4.78 is 22.2. The van der Waals surface area contributed by atoms with Crippen molar-refractivity contribution in [3.63, 3.8) is 0 Å². The maximum Gasteiger partial charge on any atom is 0.300 e. The molecule has 1 aliphatic rings. The van der Waals surface area contributed by atoms with Crippen molar-refractivity contribution in [3.8, 4) is 23.0 Å². The Hall–Kier alpha value is -4.46. The lowest BCUT2D eigenvalue weighted by Gasteiger charge is -2.26. The monoisotopic (exact) mass is 517 g/mol. The fraction of sp³-hybridized carbons (Fsp3) is 0.267. The van der Waals surface area contributed by atoms with Gasteiger partial charge in [-0.1, -0.05) is 18.2 Å². The quantitative estimate of drug-likeness (QED) is 0.227. The van der Waals surface area contributed by atoms with Crippen LogP contribution in [0.4, 0.5) is 5.69 Å². The molecule has 1 heterocycles. The van der Waals surface area contributed by atoms with Crippen LogP contribution in [0.15, 0.2) is 72.3 Å². The Morgan fingerprint density at radius 3 is 2.34 bits per heavy atom. The highest BCUT2D eigenvalue weighted by Crippen LogP contribution is 2.44. The van der Waals surface area contributed by atoms with Crippen LogP contribution in [0.3, 0.4) is 0 Å². The summed E-state index contributed by atoms with van der Waals surface area (Å²) >= 11 is 0. The molecule has 8 heteroatoms. The predicted molar refractivity (Wildman–Crippen MR) is 144 cm³/mol. The fourth-order valence-corrected chi connectivity index (χ4v) is 4.47. The number of aliphatic hydroxyl groups is 1. The van der Waals surface area contributed by atoms with Gasteiger partial charge in [-0.15, -0.1) is 0 Å². The van der Waals surface area contributed by atoms with E-state index in [1.807, 2.05) is 20.8 Å². The molecule has 4 rings (SSSR count). The Morgan fingerprint density at radius 1 is 0.921 bits per heavy atom. The van der Waals surface area contributed by atoms with Gasteiger partial charge < -0.3 is 24.1 Å². The van der Waals surface area contributed by atoms with Crippen molar-refractivity contribution in [3.05, 3.63) is 83.4 Å². The lowest BCUT2D eigenvalue weighted by molar-refractivity contribution is -0.132. The second-order valence-electron chi connectivity index (χ2n) is 8.90. The molecule has 0 saturated carbocycles. The SMILES string of the molecule is CCOc1cccc(N2C(=O)C(=O)/C(=C(/O)c3ccc(OC)cc3OC)C2c2cccc(OC(C)C)c2)c1. The van der Waals surface area contributed by atoms with Crippen molar-refractivity contribution in [2.45, 2.75) is 32.9 Å². The van der Waals surface area contributed by atoms with Crippen LogP contribution < -0.4 is 23.8 Å². The van der Waals surface area contributed by atoms with Gasteiger partial charge in [0, 0.05) is 17.8 Å². The number of Topliss-reactive ketones (excluding diaryl/α,β-unsaturated/α-hetero) is 1. The number of benzene rings is 3. The molecular formula is C30H31NO7. The van der Waals surface area contributed by atoms with Crippen molar-refractivity contribution in [1.82, 2.24) is 0 Å². The van der Waals surface area contributed by atoms with E-state index in [9.17, 15) is 14.7 Å². The number of rotatable bonds is 9. The molecule has 3 aromatic rings. The van der Waals surface area contributed by atoms with Crippen LogP contribution in [-0.4, -0.2) is 43.7 Å². The summed E-state index contributed by atoms with van der Waals surface area (Å²) in [7, 11) is 2.97. The number of ketones is 1. The molecule has 0 radical (unpaired) electrons. The average Bonchev–Trinajstić information content (AvgIpc) is 3.18. The molecule has 198 valence electrons. The van der Waals surface area contributed by atoms with Gasteiger partial charge in [0.05, 0.1) is 44.1 Å². The van der Waals surface area contributed by atoms with E-state index in [0.29, 0.717) is 40.9 Å². The predicted octanol–water partition coefficient (Wildman–Crippen LogP) is 5.52. The van der Waals surface area contributed by atoms with Crippen molar-refractivity contribution < 1.29 is 33.6 Å². The van der Waals surface area contributed by atoms with E-state index < -0.39 is 17.7 Å². The molecule has 1 aliphatic heterocycles. The van der Waals surface area contributed by atoms with Crippen molar-refractivity contribution in [2.24, 2.45) is 0 Å². The number of nitrogens with zero attached hydrogens (tertiary/aromatic N) is 1. The Kier molecular flexibility index (Phi) is 7.90. The summed E-state index contributed by atoms with van der Waals surface area (Å²) in [6.45, 7) is 6.13. The number of amides is 1. The summed E-state index contributed by atoms with van der Waals surface area (Å²) in [6, 6.07) is 18.0. The Labute approximate surface area is 222 Å². The molecular weight excluding hydrogens is 486 g/mol. The minimum Gasteiger partial charge on any atom is -0.507 e. The lowest BCUT2D eigenvalue weighted by atomic mass is 9.94. The van der Waals surface area contributed by atoms with Gasteiger partial charge in [-0.2, -0.15) is 0 Å². The van der Waals surface area contributed by atoms with Crippen LogP contribution in [0.25, 0.3) is 5.76 Å². The van der Waals surface area contributed by atoms with Gasteiger partial charge in [0.25, 0.3) is 11.7 Å².